The minimum Gasteiger partial charge on any atom is -0.392 e. The Morgan fingerprint density at radius 3 is 2.43 bits per heavy atom. The van der Waals surface area contributed by atoms with Crippen molar-refractivity contribution in [3.05, 3.63) is 69.9 Å². The van der Waals surface area contributed by atoms with E-state index in [0.717, 1.165) is 12.8 Å². The van der Waals surface area contributed by atoms with E-state index in [2.05, 4.69) is 61.5 Å². The summed E-state index contributed by atoms with van der Waals surface area (Å²) in [6, 6.07) is 19.1. The Hall–Kier alpha value is -1.64. The molecule has 0 aliphatic carbocycles. The Morgan fingerprint density at radius 2 is 1.67 bits per heavy atom. The summed E-state index contributed by atoms with van der Waals surface area (Å²) in [5, 5.41) is 12.8. The van der Waals surface area contributed by atoms with Crippen LogP contribution in [0.4, 0.5) is 0 Å². The first kappa shape index (κ1) is 14.3. The minimum absolute atomic E-state index is 0.311. The first-order valence-electron chi connectivity index (χ1n) is 7.48. The van der Waals surface area contributed by atoms with Crippen LogP contribution in [0.3, 0.4) is 0 Å². The van der Waals surface area contributed by atoms with Crippen molar-refractivity contribution in [3.63, 3.8) is 0 Å². The van der Waals surface area contributed by atoms with Crippen LogP contribution in [0.2, 0.25) is 0 Å². The van der Waals surface area contributed by atoms with Gasteiger partial charge in [-0.25, -0.2) is 0 Å². The maximum absolute atomic E-state index is 10.3. The highest BCUT2D eigenvalue weighted by Crippen LogP contribution is 2.21. The fourth-order valence-electron chi connectivity index (χ4n) is 2.66. The summed E-state index contributed by atoms with van der Waals surface area (Å²) in [6.07, 6.45) is 2.22. The molecule has 1 atom stereocenters. The first-order chi connectivity index (χ1) is 10.2. The predicted octanol–water partition coefficient (Wildman–Crippen LogP) is 4.61. The van der Waals surface area contributed by atoms with Crippen molar-refractivity contribution >= 4 is 22.1 Å². The Kier molecular flexibility index (Phi) is 4.37. The van der Waals surface area contributed by atoms with E-state index in [-0.39, 0.29) is 6.10 Å². The molecule has 0 spiro atoms. The molecule has 1 unspecified atom stereocenters. The highest BCUT2D eigenvalue weighted by Gasteiger charge is 2.09. The van der Waals surface area contributed by atoms with E-state index in [9.17, 15) is 5.11 Å². The summed E-state index contributed by atoms with van der Waals surface area (Å²) in [5.74, 6) is 0. The molecule has 0 amide bonds. The zero-order chi connectivity index (χ0) is 14.7. The van der Waals surface area contributed by atoms with Gasteiger partial charge in [-0.1, -0.05) is 49.4 Å². The number of aliphatic hydroxyl groups is 1. The third-order valence-electron chi connectivity index (χ3n) is 3.79. The van der Waals surface area contributed by atoms with Gasteiger partial charge in [-0.2, -0.15) is 0 Å². The van der Waals surface area contributed by atoms with E-state index in [4.69, 9.17) is 0 Å². The van der Waals surface area contributed by atoms with Crippen LogP contribution in [0.15, 0.2) is 54.6 Å². The molecule has 0 fully saturated rings. The Labute approximate surface area is 129 Å². The first-order valence-corrected chi connectivity index (χ1v) is 8.29. The summed E-state index contributed by atoms with van der Waals surface area (Å²) in [4.78, 5) is 2.67. The molecular formula is C19H20OS. The minimum atomic E-state index is -0.311. The molecule has 1 N–H and O–H groups in total. The van der Waals surface area contributed by atoms with Crippen molar-refractivity contribution in [1.82, 2.24) is 0 Å². The molecule has 3 rings (SSSR count). The second kappa shape index (κ2) is 6.42. The van der Waals surface area contributed by atoms with Gasteiger partial charge in [-0.3, -0.25) is 0 Å². The molecule has 0 aliphatic rings. The van der Waals surface area contributed by atoms with E-state index in [1.54, 1.807) is 0 Å². The number of benzene rings is 2. The summed E-state index contributed by atoms with van der Waals surface area (Å²) < 4.78 is 0. The second-order valence-corrected chi connectivity index (χ2v) is 6.72. The highest BCUT2D eigenvalue weighted by atomic mass is 32.1. The Bertz CT molecular complexity index is 729. The average Bonchev–Trinajstić information content (AvgIpc) is 2.94. The summed E-state index contributed by atoms with van der Waals surface area (Å²) in [7, 11) is 0. The third kappa shape index (κ3) is 3.52. The monoisotopic (exact) mass is 296 g/mol. The predicted molar refractivity (Wildman–Crippen MR) is 91.1 cm³/mol. The van der Waals surface area contributed by atoms with Gasteiger partial charge in [0.25, 0.3) is 0 Å². The zero-order valence-electron chi connectivity index (χ0n) is 12.3. The standard InChI is InChI=1S/C19H20OS/c1-2-18-9-10-19(21-18)13-17(20)12-14-7-8-15-5-3-4-6-16(15)11-14/h3-11,17,20H,2,12-13H2,1H3. The molecule has 3 aromatic rings. The van der Waals surface area contributed by atoms with Crippen molar-refractivity contribution in [1.29, 1.82) is 0 Å². The molecule has 2 heteroatoms. The van der Waals surface area contributed by atoms with Crippen LogP contribution in [0, 0.1) is 0 Å². The summed E-state index contributed by atoms with van der Waals surface area (Å²) in [5.41, 5.74) is 1.20. The fourth-order valence-corrected chi connectivity index (χ4v) is 3.69. The molecule has 2 aromatic carbocycles. The van der Waals surface area contributed by atoms with Gasteiger partial charge in [0.15, 0.2) is 0 Å². The van der Waals surface area contributed by atoms with Crippen LogP contribution in [0.5, 0.6) is 0 Å². The quantitative estimate of drug-likeness (QED) is 0.729. The van der Waals surface area contributed by atoms with Crippen LogP contribution in [0.1, 0.15) is 22.2 Å². The van der Waals surface area contributed by atoms with Crippen molar-refractivity contribution in [2.24, 2.45) is 0 Å². The number of aliphatic hydroxyl groups excluding tert-OH is 1. The zero-order valence-corrected chi connectivity index (χ0v) is 13.1. The van der Waals surface area contributed by atoms with Crippen molar-refractivity contribution in [3.8, 4) is 0 Å². The Balaban J connectivity index is 1.69. The summed E-state index contributed by atoms with van der Waals surface area (Å²) >= 11 is 1.81. The molecule has 1 aromatic heterocycles. The lowest BCUT2D eigenvalue weighted by molar-refractivity contribution is 0.176. The topological polar surface area (TPSA) is 20.2 Å². The number of aryl methyl sites for hydroxylation is 1. The van der Waals surface area contributed by atoms with Gasteiger partial charge in [0.1, 0.15) is 0 Å². The lowest BCUT2D eigenvalue weighted by Crippen LogP contribution is -2.13. The summed E-state index contributed by atoms with van der Waals surface area (Å²) in [6.45, 7) is 2.17. The van der Waals surface area contributed by atoms with E-state index >= 15 is 0 Å². The second-order valence-electron chi connectivity index (χ2n) is 5.47. The lowest BCUT2D eigenvalue weighted by Gasteiger charge is -2.10. The molecule has 21 heavy (non-hydrogen) atoms. The third-order valence-corrected chi connectivity index (χ3v) is 5.04. The lowest BCUT2D eigenvalue weighted by atomic mass is 10.0. The molecule has 0 radical (unpaired) electrons. The molecule has 0 aliphatic heterocycles. The van der Waals surface area contributed by atoms with Crippen LogP contribution < -0.4 is 0 Å². The van der Waals surface area contributed by atoms with Crippen molar-refractivity contribution < 1.29 is 5.11 Å². The highest BCUT2D eigenvalue weighted by molar-refractivity contribution is 7.11. The largest absolute Gasteiger partial charge is 0.392 e. The van der Waals surface area contributed by atoms with Gasteiger partial charge in [-0.15, -0.1) is 11.3 Å². The van der Waals surface area contributed by atoms with Crippen LogP contribution in [-0.4, -0.2) is 11.2 Å². The smallest absolute Gasteiger partial charge is 0.0628 e. The van der Waals surface area contributed by atoms with Crippen LogP contribution >= 0.6 is 11.3 Å². The van der Waals surface area contributed by atoms with Crippen LogP contribution in [-0.2, 0) is 19.3 Å². The normalized spacial score (nSPS) is 12.7. The molecule has 0 bridgehead atoms. The van der Waals surface area contributed by atoms with E-state index < -0.39 is 0 Å². The van der Waals surface area contributed by atoms with Gasteiger partial charge in [0.05, 0.1) is 6.10 Å². The van der Waals surface area contributed by atoms with Gasteiger partial charge in [0, 0.05) is 16.2 Å². The Morgan fingerprint density at radius 1 is 0.905 bits per heavy atom. The molecule has 1 nitrogen and oxygen atoms in total. The molecule has 0 saturated carbocycles. The van der Waals surface area contributed by atoms with E-state index in [1.807, 2.05) is 11.3 Å². The van der Waals surface area contributed by atoms with Crippen molar-refractivity contribution in [2.45, 2.75) is 32.3 Å². The number of thiophene rings is 1. The van der Waals surface area contributed by atoms with Crippen LogP contribution in [0.25, 0.3) is 10.8 Å². The fraction of sp³-hybridized carbons (Fsp3) is 0.263. The van der Waals surface area contributed by atoms with Gasteiger partial charge < -0.3 is 5.11 Å². The number of fused-ring (bicyclic) bond motifs is 1. The molecule has 108 valence electrons. The number of rotatable bonds is 5. The number of hydrogen-bond acceptors (Lipinski definition) is 2. The number of hydrogen-bond donors (Lipinski definition) is 1. The molecular weight excluding hydrogens is 276 g/mol. The maximum atomic E-state index is 10.3. The maximum Gasteiger partial charge on any atom is 0.0628 e. The van der Waals surface area contributed by atoms with Gasteiger partial charge in [-0.05, 0) is 41.3 Å². The van der Waals surface area contributed by atoms with E-state index in [0.29, 0.717) is 6.42 Å². The molecule has 1 heterocycles. The molecule has 0 saturated heterocycles. The van der Waals surface area contributed by atoms with Gasteiger partial charge in [0.2, 0.25) is 0 Å². The van der Waals surface area contributed by atoms with Gasteiger partial charge >= 0.3 is 0 Å². The SMILES string of the molecule is CCc1ccc(CC(O)Cc2ccc3ccccc3c2)s1. The average molecular weight is 296 g/mol. The van der Waals surface area contributed by atoms with E-state index in [1.165, 1.54) is 26.1 Å². The van der Waals surface area contributed by atoms with Crippen molar-refractivity contribution in [2.75, 3.05) is 0 Å².